The van der Waals surface area contributed by atoms with Crippen LogP contribution in [0.3, 0.4) is 0 Å². The summed E-state index contributed by atoms with van der Waals surface area (Å²) in [4.78, 5) is 12.2. The maximum absolute atomic E-state index is 14.5. The van der Waals surface area contributed by atoms with Gasteiger partial charge in [0.05, 0.1) is 0 Å². The fourth-order valence-corrected chi connectivity index (χ4v) is 4.05. The SMILES string of the molecule is CCCCC1CCC(c2cc(F)c(C(=O)Oc3cc(F)cc(F)c3)c(F)c2)CC1. The minimum Gasteiger partial charge on any atom is -0.423 e. The molecule has 1 aliphatic carbocycles. The van der Waals surface area contributed by atoms with E-state index < -0.39 is 40.6 Å². The Hall–Kier alpha value is -2.37. The molecule has 6 heteroatoms. The molecule has 29 heavy (non-hydrogen) atoms. The topological polar surface area (TPSA) is 26.3 Å². The molecule has 0 bridgehead atoms. The highest BCUT2D eigenvalue weighted by Crippen LogP contribution is 2.38. The van der Waals surface area contributed by atoms with Crippen molar-refractivity contribution < 1.29 is 27.1 Å². The summed E-state index contributed by atoms with van der Waals surface area (Å²) >= 11 is 0. The van der Waals surface area contributed by atoms with Crippen molar-refractivity contribution in [3.63, 3.8) is 0 Å². The smallest absolute Gasteiger partial charge is 0.349 e. The number of ether oxygens (including phenoxy) is 1. The molecule has 156 valence electrons. The van der Waals surface area contributed by atoms with E-state index in [-0.39, 0.29) is 5.92 Å². The highest BCUT2D eigenvalue weighted by molar-refractivity contribution is 5.91. The van der Waals surface area contributed by atoms with Gasteiger partial charge in [-0.1, -0.05) is 26.2 Å². The highest BCUT2D eigenvalue weighted by Gasteiger charge is 2.26. The maximum atomic E-state index is 14.5. The van der Waals surface area contributed by atoms with E-state index in [1.807, 2.05) is 0 Å². The number of esters is 1. The van der Waals surface area contributed by atoms with Crippen LogP contribution < -0.4 is 4.74 Å². The molecule has 0 aromatic heterocycles. The number of hydrogen-bond acceptors (Lipinski definition) is 2. The van der Waals surface area contributed by atoms with Crippen molar-refractivity contribution in [2.75, 3.05) is 0 Å². The average molecular weight is 408 g/mol. The number of carbonyl (C=O) groups is 1. The molecule has 0 heterocycles. The molecule has 1 fully saturated rings. The fraction of sp³-hybridized carbons (Fsp3) is 0.435. The van der Waals surface area contributed by atoms with E-state index in [1.165, 1.54) is 25.0 Å². The van der Waals surface area contributed by atoms with E-state index in [4.69, 9.17) is 4.74 Å². The van der Waals surface area contributed by atoms with Crippen LogP contribution in [-0.4, -0.2) is 5.97 Å². The predicted molar refractivity (Wildman–Crippen MR) is 102 cm³/mol. The molecule has 2 aromatic carbocycles. The van der Waals surface area contributed by atoms with Gasteiger partial charge >= 0.3 is 5.97 Å². The number of halogens is 4. The molecule has 0 aliphatic heterocycles. The second-order valence-corrected chi connectivity index (χ2v) is 7.71. The van der Waals surface area contributed by atoms with Gasteiger partial charge < -0.3 is 4.74 Å². The number of carbonyl (C=O) groups excluding carboxylic acids is 1. The first kappa shape index (κ1) is 21.3. The van der Waals surface area contributed by atoms with Crippen LogP contribution in [0, 0.1) is 29.2 Å². The number of rotatable bonds is 6. The second-order valence-electron chi connectivity index (χ2n) is 7.71. The molecule has 0 unspecified atom stereocenters. The van der Waals surface area contributed by atoms with Crippen LogP contribution in [0.5, 0.6) is 5.75 Å². The molecule has 2 aromatic rings. The van der Waals surface area contributed by atoms with Crippen LogP contribution in [0.15, 0.2) is 30.3 Å². The Kier molecular flexibility index (Phi) is 6.93. The third-order valence-corrected chi connectivity index (χ3v) is 5.60. The minimum absolute atomic E-state index is 0.0549. The van der Waals surface area contributed by atoms with Crippen LogP contribution in [-0.2, 0) is 0 Å². The minimum atomic E-state index is -1.33. The molecular weight excluding hydrogens is 384 g/mol. The van der Waals surface area contributed by atoms with Crippen LogP contribution in [0.25, 0.3) is 0 Å². The van der Waals surface area contributed by atoms with Gasteiger partial charge in [-0.3, -0.25) is 0 Å². The molecule has 1 aliphatic rings. The summed E-state index contributed by atoms with van der Waals surface area (Å²) in [6.07, 6.45) is 7.34. The summed E-state index contributed by atoms with van der Waals surface area (Å²) in [5.74, 6) is -5.05. The molecule has 0 radical (unpaired) electrons. The summed E-state index contributed by atoms with van der Waals surface area (Å²) in [7, 11) is 0. The second kappa shape index (κ2) is 9.42. The molecule has 0 spiro atoms. The summed E-state index contributed by atoms with van der Waals surface area (Å²) in [6, 6.07) is 4.47. The van der Waals surface area contributed by atoms with Crippen molar-refractivity contribution in [3.05, 3.63) is 64.7 Å². The lowest BCUT2D eigenvalue weighted by Gasteiger charge is -2.29. The predicted octanol–water partition coefficient (Wildman–Crippen LogP) is 6.93. The van der Waals surface area contributed by atoms with Crippen molar-refractivity contribution in [1.82, 2.24) is 0 Å². The van der Waals surface area contributed by atoms with E-state index in [1.54, 1.807) is 0 Å². The van der Waals surface area contributed by atoms with Crippen molar-refractivity contribution >= 4 is 5.97 Å². The Bertz CT molecular complexity index is 830. The standard InChI is InChI=1S/C23H24F4O2/c1-2-3-4-14-5-7-15(8-6-14)16-9-20(26)22(21(27)10-16)23(28)29-19-12-17(24)11-18(25)13-19/h9-15H,2-8H2,1H3. The molecule has 2 nitrogen and oxygen atoms in total. The highest BCUT2D eigenvalue weighted by atomic mass is 19.1. The maximum Gasteiger partial charge on any atom is 0.349 e. The normalized spacial score (nSPS) is 19.2. The van der Waals surface area contributed by atoms with Gasteiger partial charge in [-0.2, -0.15) is 0 Å². The van der Waals surface area contributed by atoms with Gasteiger partial charge in [-0.15, -0.1) is 0 Å². The Labute approximate surface area is 167 Å². The third-order valence-electron chi connectivity index (χ3n) is 5.60. The summed E-state index contributed by atoms with van der Waals surface area (Å²) in [6.45, 7) is 2.16. The molecule has 3 rings (SSSR count). The van der Waals surface area contributed by atoms with Gasteiger partial charge in [0.25, 0.3) is 0 Å². The zero-order valence-corrected chi connectivity index (χ0v) is 16.3. The average Bonchev–Trinajstić information content (AvgIpc) is 2.65. The molecule has 1 saturated carbocycles. The Morgan fingerprint density at radius 1 is 0.931 bits per heavy atom. The largest absolute Gasteiger partial charge is 0.423 e. The van der Waals surface area contributed by atoms with Gasteiger partial charge in [0.1, 0.15) is 34.6 Å². The molecule has 0 amide bonds. The Morgan fingerprint density at radius 3 is 2.07 bits per heavy atom. The molecule has 0 saturated heterocycles. The van der Waals surface area contributed by atoms with Crippen molar-refractivity contribution in [1.29, 1.82) is 0 Å². The van der Waals surface area contributed by atoms with Crippen LogP contribution in [0.4, 0.5) is 17.6 Å². The van der Waals surface area contributed by atoms with E-state index in [2.05, 4.69) is 6.92 Å². The van der Waals surface area contributed by atoms with Gasteiger partial charge in [0.15, 0.2) is 0 Å². The number of unbranched alkanes of at least 4 members (excludes halogenated alkanes) is 1. The summed E-state index contributed by atoms with van der Waals surface area (Å²) in [5.41, 5.74) is -0.336. The van der Waals surface area contributed by atoms with E-state index >= 15 is 0 Å². The number of hydrogen-bond donors (Lipinski definition) is 0. The molecule has 0 atom stereocenters. The van der Waals surface area contributed by atoms with Crippen molar-refractivity contribution in [3.8, 4) is 5.75 Å². The van der Waals surface area contributed by atoms with Gasteiger partial charge in [-0.05, 0) is 55.2 Å². The lowest BCUT2D eigenvalue weighted by Crippen LogP contribution is -2.17. The molecular formula is C23H24F4O2. The Morgan fingerprint density at radius 2 is 1.52 bits per heavy atom. The van der Waals surface area contributed by atoms with Crippen molar-refractivity contribution in [2.24, 2.45) is 5.92 Å². The van der Waals surface area contributed by atoms with Crippen LogP contribution in [0.2, 0.25) is 0 Å². The van der Waals surface area contributed by atoms with Crippen molar-refractivity contribution in [2.45, 2.75) is 57.8 Å². The van der Waals surface area contributed by atoms with E-state index in [9.17, 15) is 22.4 Å². The monoisotopic (exact) mass is 408 g/mol. The molecule has 0 N–H and O–H groups in total. The first-order chi connectivity index (χ1) is 13.9. The number of benzene rings is 2. The van der Waals surface area contributed by atoms with E-state index in [0.29, 0.717) is 17.5 Å². The lowest BCUT2D eigenvalue weighted by atomic mass is 9.77. The Balaban J connectivity index is 1.71. The fourth-order valence-electron chi connectivity index (χ4n) is 4.05. The van der Waals surface area contributed by atoms with Crippen LogP contribution in [0.1, 0.15) is 73.7 Å². The zero-order valence-electron chi connectivity index (χ0n) is 16.3. The summed E-state index contributed by atoms with van der Waals surface area (Å²) < 4.78 is 60.3. The van der Waals surface area contributed by atoms with Gasteiger partial charge in [-0.25, -0.2) is 22.4 Å². The van der Waals surface area contributed by atoms with Crippen LogP contribution >= 0.6 is 0 Å². The van der Waals surface area contributed by atoms with Gasteiger partial charge in [0, 0.05) is 18.2 Å². The van der Waals surface area contributed by atoms with E-state index in [0.717, 1.165) is 44.2 Å². The lowest BCUT2D eigenvalue weighted by molar-refractivity contribution is 0.0723. The van der Waals surface area contributed by atoms with Gasteiger partial charge in [0.2, 0.25) is 0 Å². The first-order valence-electron chi connectivity index (χ1n) is 10.0. The summed E-state index contributed by atoms with van der Waals surface area (Å²) in [5, 5.41) is 0. The zero-order chi connectivity index (χ0) is 21.0. The quantitative estimate of drug-likeness (QED) is 0.294. The third kappa shape index (κ3) is 5.37. The first-order valence-corrected chi connectivity index (χ1v) is 10.0.